The molecule has 0 saturated heterocycles. The second kappa shape index (κ2) is 7.00. The number of nitrogens with zero attached hydrogens (tertiary/aromatic N) is 2. The number of rotatable bonds is 6. The molecule has 0 fully saturated rings. The first-order chi connectivity index (χ1) is 9.72. The summed E-state index contributed by atoms with van der Waals surface area (Å²) in [6.45, 7) is 3.14. The van der Waals surface area contributed by atoms with Gasteiger partial charge in [0.25, 0.3) is 5.91 Å². The Bertz CT molecular complexity index is 568. The van der Waals surface area contributed by atoms with Gasteiger partial charge in [-0.1, -0.05) is 18.2 Å². The van der Waals surface area contributed by atoms with Crippen LogP contribution in [0.2, 0.25) is 0 Å². The van der Waals surface area contributed by atoms with E-state index in [2.05, 4.69) is 22.5 Å². The SMILES string of the molecule is CCn1ncc(N)c1C(=O)NCCSc1ccccc1. The number of aromatic nitrogens is 2. The van der Waals surface area contributed by atoms with Crippen molar-refractivity contribution in [1.82, 2.24) is 15.1 Å². The predicted octanol–water partition coefficient (Wildman–Crippen LogP) is 2.01. The van der Waals surface area contributed by atoms with Crippen molar-refractivity contribution in [2.24, 2.45) is 0 Å². The second-order valence-electron chi connectivity index (χ2n) is 4.18. The van der Waals surface area contributed by atoms with Gasteiger partial charge >= 0.3 is 0 Å². The first kappa shape index (κ1) is 14.5. The van der Waals surface area contributed by atoms with Crippen LogP contribution < -0.4 is 11.1 Å². The number of benzene rings is 1. The number of aryl methyl sites for hydroxylation is 1. The van der Waals surface area contributed by atoms with Crippen LogP contribution in [0.4, 0.5) is 5.69 Å². The summed E-state index contributed by atoms with van der Waals surface area (Å²) in [7, 11) is 0. The van der Waals surface area contributed by atoms with Crippen LogP contribution in [0.15, 0.2) is 41.4 Å². The van der Waals surface area contributed by atoms with Crippen molar-refractivity contribution in [3.05, 3.63) is 42.2 Å². The zero-order chi connectivity index (χ0) is 14.4. The van der Waals surface area contributed by atoms with Crippen molar-refractivity contribution in [3.8, 4) is 0 Å². The zero-order valence-electron chi connectivity index (χ0n) is 11.4. The highest BCUT2D eigenvalue weighted by Gasteiger charge is 2.15. The van der Waals surface area contributed by atoms with Crippen molar-refractivity contribution in [3.63, 3.8) is 0 Å². The molecular weight excluding hydrogens is 272 g/mol. The number of nitrogens with two attached hydrogens (primary N) is 1. The molecule has 0 atom stereocenters. The molecule has 0 unspecified atom stereocenters. The van der Waals surface area contributed by atoms with Gasteiger partial charge in [-0.15, -0.1) is 11.8 Å². The summed E-state index contributed by atoms with van der Waals surface area (Å²) in [5.41, 5.74) is 6.62. The van der Waals surface area contributed by atoms with E-state index in [4.69, 9.17) is 5.73 Å². The smallest absolute Gasteiger partial charge is 0.271 e. The van der Waals surface area contributed by atoms with Crippen LogP contribution in [0, 0.1) is 0 Å². The van der Waals surface area contributed by atoms with E-state index in [1.807, 2.05) is 25.1 Å². The van der Waals surface area contributed by atoms with Gasteiger partial charge in [-0.05, 0) is 19.1 Å². The zero-order valence-corrected chi connectivity index (χ0v) is 12.2. The third-order valence-corrected chi connectivity index (χ3v) is 3.80. The van der Waals surface area contributed by atoms with Gasteiger partial charge in [-0.25, -0.2) is 0 Å². The molecule has 0 aliphatic heterocycles. The van der Waals surface area contributed by atoms with Crippen LogP contribution >= 0.6 is 11.8 Å². The Labute approximate surface area is 122 Å². The highest BCUT2D eigenvalue weighted by Crippen LogP contribution is 2.16. The fourth-order valence-corrected chi connectivity index (χ4v) is 2.61. The van der Waals surface area contributed by atoms with Crippen LogP contribution in [0.25, 0.3) is 0 Å². The molecule has 1 heterocycles. The first-order valence-corrected chi connectivity index (χ1v) is 7.48. The summed E-state index contributed by atoms with van der Waals surface area (Å²) in [5, 5.41) is 6.93. The topological polar surface area (TPSA) is 72.9 Å². The lowest BCUT2D eigenvalue weighted by atomic mass is 10.3. The van der Waals surface area contributed by atoms with Crippen molar-refractivity contribution in [2.45, 2.75) is 18.4 Å². The Morgan fingerprint density at radius 1 is 1.40 bits per heavy atom. The van der Waals surface area contributed by atoms with Crippen LogP contribution in [0.3, 0.4) is 0 Å². The van der Waals surface area contributed by atoms with Crippen molar-refractivity contribution < 1.29 is 4.79 Å². The normalized spacial score (nSPS) is 10.4. The van der Waals surface area contributed by atoms with Crippen molar-refractivity contribution in [2.75, 3.05) is 18.0 Å². The molecule has 0 bridgehead atoms. The number of anilines is 1. The number of thioether (sulfide) groups is 1. The fraction of sp³-hybridized carbons (Fsp3) is 0.286. The maximum Gasteiger partial charge on any atom is 0.271 e. The fourth-order valence-electron chi connectivity index (χ4n) is 1.82. The second-order valence-corrected chi connectivity index (χ2v) is 5.35. The van der Waals surface area contributed by atoms with Gasteiger partial charge < -0.3 is 11.1 Å². The third kappa shape index (κ3) is 3.54. The summed E-state index contributed by atoms with van der Waals surface area (Å²) in [4.78, 5) is 13.3. The van der Waals surface area contributed by atoms with E-state index in [0.717, 1.165) is 5.75 Å². The van der Waals surface area contributed by atoms with E-state index in [-0.39, 0.29) is 5.91 Å². The monoisotopic (exact) mass is 290 g/mol. The number of nitrogens with one attached hydrogen (secondary N) is 1. The molecule has 2 rings (SSSR count). The Morgan fingerprint density at radius 2 is 2.15 bits per heavy atom. The van der Waals surface area contributed by atoms with E-state index in [0.29, 0.717) is 24.5 Å². The molecule has 2 aromatic rings. The van der Waals surface area contributed by atoms with Gasteiger partial charge in [0.1, 0.15) is 5.69 Å². The number of carbonyl (C=O) groups excluding carboxylic acids is 1. The third-order valence-electron chi connectivity index (χ3n) is 2.78. The molecule has 1 amide bonds. The lowest BCUT2D eigenvalue weighted by Gasteiger charge is -2.07. The molecule has 0 radical (unpaired) electrons. The average Bonchev–Trinajstić information content (AvgIpc) is 2.85. The van der Waals surface area contributed by atoms with Crippen LogP contribution in [0.5, 0.6) is 0 Å². The van der Waals surface area contributed by atoms with E-state index < -0.39 is 0 Å². The Morgan fingerprint density at radius 3 is 2.85 bits per heavy atom. The molecule has 5 nitrogen and oxygen atoms in total. The van der Waals surface area contributed by atoms with Gasteiger partial charge in [0, 0.05) is 23.7 Å². The average molecular weight is 290 g/mol. The van der Waals surface area contributed by atoms with Gasteiger partial charge in [-0.3, -0.25) is 9.48 Å². The summed E-state index contributed by atoms with van der Waals surface area (Å²) < 4.78 is 1.61. The quantitative estimate of drug-likeness (QED) is 0.630. The molecule has 0 aliphatic rings. The summed E-state index contributed by atoms with van der Waals surface area (Å²) in [5.74, 6) is 0.645. The molecule has 0 spiro atoms. The minimum atomic E-state index is -0.171. The number of hydrogen-bond acceptors (Lipinski definition) is 4. The summed E-state index contributed by atoms with van der Waals surface area (Å²) in [6.07, 6.45) is 1.51. The molecule has 0 aliphatic carbocycles. The Hall–Kier alpha value is -1.95. The standard InChI is InChI=1S/C14H18N4OS/c1-2-18-13(12(15)10-17-18)14(19)16-8-9-20-11-6-4-3-5-7-11/h3-7,10H,2,8-9,15H2,1H3,(H,16,19). The molecule has 0 saturated carbocycles. The molecule has 20 heavy (non-hydrogen) atoms. The number of nitrogen functional groups attached to an aromatic ring is 1. The van der Waals surface area contributed by atoms with E-state index in [1.54, 1.807) is 16.4 Å². The Balaban J connectivity index is 1.82. The first-order valence-electron chi connectivity index (χ1n) is 6.49. The highest BCUT2D eigenvalue weighted by atomic mass is 32.2. The highest BCUT2D eigenvalue weighted by molar-refractivity contribution is 7.99. The minimum absolute atomic E-state index is 0.171. The number of carbonyl (C=O) groups is 1. The number of amides is 1. The van der Waals surface area contributed by atoms with Gasteiger partial charge in [0.2, 0.25) is 0 Å². The van der Waals surface area contributed by atoms with Crippen LogP contribution in [0.1, 0.15) is 17.4 Å². The van der Waals surface area contributed by atoms with Gasteiger partial charge in [0.05, 0.1) is 11.9 Å². The molecule has 1 aromatic heterocycles. The van der Waals surface area contributed by atoms with Gasteiger partial charge in [0.15, 0.2) is 0 Å². The summed E-state index contributed by atoms with van der Waals surface area (Å²) in [6, 6.07) is 10.1. The van der Waals surface area contributed by atoms with E-state index in [1.165, 1.54) is 11.1 Å². The maximum atomic E-state index is 12.1. The van der Waals surface area contributed by atoms with Crippen molar-refractivity contribution >= 4 is 23.4 Å². The lowest BCUT2D eigenvalue weighted by molar-refractivity contribution is 0.0946. The molecule has 6 heteroatoms. The van der Waals surface area contributed by atoms with Crippen LogP contribution in [-0.4, -0.2) is 28.0 Å². The minimum Gasteiger partial charge on any atom is -0.396 e. The summed E-state index contributed by atoms with van der Waals surface area (Å²) >= 11 is 1.71. The Kier molecular flexibility index (Phi) is 5.06. The largest absolute Gasteiger partial charge is 0.396 e. The van der Waals surface area contributed by atoms with Gasteiger partial charge in [-0.2, -0.15) is 5.10 Å². The van der Waals surface area contributed by atoms with Crippen molar-refractivity contribution in [1.29, 1.82) is 0 Å². The molecule has 3 N–H and O–H groups in total. The number of hydrogen-bond donors (Lipinski definition) is 2. The van der Waals surface area contributed by atoms with E-state index in [9.17, 15) is 4.79 Å². The van der Waals surface area contributed by atoms with Crippen LogP contribution in [-0.2, 0) is 6.54 Å². The molecule has 1 aromatic carbocycles. The maximum absolute atomic E-state index is 12.1. The predicted molar refractivity (Wildman–Crippen MR) is 81.8 cm³/mol. The lowest BCUT2D eigenvalue weighted by Crippen LogP contribution is -2.28. The van der Waals surface area contributed by atoms with E-state index >= 15 is 0 Å². The molecule has 106 valence electrons. The molecular formula is C14H18N4OS.